The van der Waals surface area contributed by atoms with Crippen LogP contribution in [0.4, 0.5) is 0 Å². The Kier molecular flexibility index (Phi) is 3.56. The SMILES string of the molecule is CC(C)NC(=O)c1c(C(=O)[O-])c(=O)[nH]c2ccccc12. The zero-order chi connectivity index (χ0) is 14.9. The molecule has 0 saturated heterocycles. The van der Waals surface area contributed by atoms with Gasteiger partial charge in [-0.25, -0.2) is 0 Å². The van der Waals surface area contributed by atoms with E-state index in [1.165, 1.54) is 0 Å². The lowest BCUT2D eigenvalue weighted by Gasteiger charge is -2.14. The molecule has 2 N–H and O–H groups in total. The van der Waals surface area contributed by atoms with E-state index in [0.717, 1.165) is 0 Å². The van der Waals surface area contributed by atoms with Gasteiger partial charge >= 0.3 is 0 Å². The quantitative estimate of drug-likeness (QED) is 0.823. The van der Waals surface area contributed by atoms with Gasteiger partial charge < -0.3 is 20.2 Å². The number of benzene rings is 1. The first-order valence-corrected chi connectivity index (χ1v) is 6.09. The molecule has 0 fully saturated rings. The number of pyridine rings is 1. The van der Waals surface area contributed by atoms with E-state index in [1.807, 2.05) is 0 Å². The monoisotopic (exact) mass is 273 g/mol. The molecule has 0 saturated carbocycles. The minimum atomic E-state index is -1.68. The van der Waals surface area contributed by atoms with Crippen LogP contribution in [0.5, 0.6) is 0 Å². The zero-order valence-corrected chi connectivity index (χ0v) is 11.0. The maximum absolute atomic E-state index is 12.2. The van der Waals surface area contributed by atoms with Crippen LogP contribution >= 0.6 is 0 Å². The number of carbonyl (C=O) groups excluding carboxylic acids is 2. The van der Waals surface area contributed by atoms with Crippen molar-refractivity contribution in [2.75, 3.05) is 0 Å². The lowest BCUT2D eigenvalue weighted by Crippen LogP contribution is -2.37. The van der Waals surface area contributed by atoms with Crippen molar-refractivity contribution in [1.82, 2.24) is 10.3 Å². The highest BCUT2D eigenvalue weighted by molar-refractivity contribution is 6.12. The Morgan fingerprint density at radius 1 is 1.20 bits per heavy atom. The van der Waals surface area contributed by atoms with Crippen LogP contribution in [-0.2, 0) is 0 Å². The maximum atomic E-state index is 12.2. The highest BCUT2D eigenvalue weighted by Crippen LogP contribution is 2.18. The fourth-order valence-electron chi connectivity index (χ4n) is 2.01. The number of fused-ring (bicyclic) bond motifs is 1. The number of rotatable bonds is 3. The molecule has 0 spiro atoms. The van der Waals surface area contributed by atoms with Gasteiger partial charge in [-0.2, -0.15) is 0 Å². The van der Waals surface area contributed by atoms with Crippen molar-refractivity contribution >= 4 is 22.8 Å². The number of aromatic amines is 1. The van der Waals surface area contributed by atoms with Crippen LogP contribution in [0.25, 0.3) is 10.9 Å². The van der Waals surface area contributed by atoms with Crippen LogP contribution in [0.2, 0.25) is 0 Å². The summed E-state index contributed by atoms with van der Waals surface area (Å²) in [4.78, 5) is 37.6. The summed E-state index contributed by atoms with van der Waals surface area (Å²) in [6.45, 7) is 3.48. The second-order valence-electron chi connectivity index (χ2n) is 4.67. The topological polar surface area (TPSA) is 102 Å². The number of hydrogen-bond donors (Lipinski definition) is 2. The molecule has 6 heteroatoms. The lowest BCUT2D eigenvalue weighted by atomic mass is 10.0. The number of carbonyl (C=O) groups is 2. The van der Waals surface area contributed by atoms with Gasteiger partial charge in [0.25, 0.3) is 11.5 Å². The second kappa shape index (κ2) is 5.16. The van der Waals surface area contributed by atoms with Crippen molar-refractivity contribution in [2.24, 2.45) is 0 Å². The molecule has 0 radical (unpaired) electrons. The number of aromatic nitrogens is 1. The van der Waals surface area contributed by atoms with E-state index in [2.05, 4.69) is 10.3 Å². The van der Waals surface area contributed by atoms with E-state index in [0.29, 0.717) is 10.9 Å². The molecule has 0 bridgehead atoms. The standard InChI is InChI=1S/C14H14N2O4/c1-7(2)15-12(17)10-8-5-3-4-6-9(8)16-13(18)11(10)14(19)20/h3-7H,1-2H3,(H,15,17)(H,16,18)(H,19,20)/p-1. The van der Waals surface area contributed by atoms with Crippen LogP contribution in [0.3, 0.4) is 0 Å². The molecule has 0 aliphatic heterocycles. The average Bonchev–Trinajstić information content (AvgIpc) is 2.35. The first kappa shape index (κ1) is 13.8. The molecule has 20 heavy (non-hydrogen) atoms. The Labute approximate surface area is 114 Å². The first-order chi connectivity index (χ1) is 9.41. The highest BCUT2D eigenvalue weighted by atomic mass is 16.4. The van der Waals surface area contributed by atoms with E-state index in [-0.39, 0.29) is 11.6 Å². The Morgan fingerprint density at radius 3 is 2.45 bits per heavy atom. The molecule has 1 aromatic heterocycles. The summed E-state index contributed by atoms with van der Waals surface area (Å²) in [5.41, 5.74) is -1.27. The number of para-hydroxylation sites is 1. The molecule has 2 rings (SSSR count). The summed E-state index contributed by atoms with van der Waals surface area (Å²) in [6, 6.07) is 6.33. The molecule has 104 valence electrons. The van der Waals surface area contributed by atoms with E-state index < -0.39 is 23.0 Å². The second-order valence-corrected chi connectivity index (χ2v) is 4.67. The molecule has 0 aliphatic rings. The molecule has 1 heterocycles. The first-order valence-electron chi connectivity index (χ1n) is 6.09. The van der Waals surface area contributed by atoms with Gasteiger partial charge in [-0.1, -0.05) is 18.2 Å². The van der Waals surface area contributed by atoms with Crippen LogP contribution in [-0.4, -0.2) is 22.9 Å². The number of amides is 1. The van der Waals surface area contributed by atoms with E-state index >= 15 is 0 Å². The molecule has 2 aromatic rings. The van der Waals surface area contributed by atoms with Crippen LogP contribution in [0.1, 0.15) is 34.6 Å². The third-order valence-electron chi connectivity index (χ3n) is 2.77. The summed E-state index contributed by atoms with van der Waals surface area (Å²) in [7, 11) is 0. The van der Waals surface area contributed by atoms with E-state index in [9.17, 15) is 19.5 Å². The van der Waals surface area contributed by atoms with Crippen LogP contribution < -0.4 is 16.0 Å². The molecule has 0 atom stereocenters. The smallest absolute Gasteiger partial charge is 0.258 e. The minimum Gasteiger partial charge on any atom is -0.545 e. The Hall–Kier alpha value is -2.63. The van der Waals surface area contributed by atoms with E-state index in [1.54, 1.807) is 38.1 Å². The normalized spacial score (nSPS) is 10.8. The molecular formula is C14H13N2O4-. The summed E-state index contributed by atoms with van der Waals surface area (Å²) in [5, 5.41) is 14.1. The van der Waals surface area contributed by atoms with Crippen molar-refractivity contribution in [3.8, 4) is 0 Å². The predicted molar refractivity (Wildman–Crippen MR) is 71.5 cm³/mol. The fraction of sp³-hybridized carbons (Fsp3) is 0.214. The van der Waals surface area contributed by atoms with Crippen molar-refractivity contribution in [1.29, 1.82) is 0 Å². The third-order valence-corrected chi connectivity index (χ3v) is 2.77. The van der Waals surface area contributed by atoms with Gasteiger partial charge in [-0.15, -0.1) is 0 Å². The van der Waals surface area contributed by atoms with Crippen molar-refractivity contribution in [2.45, 2.75) is 19.9 Å². The summed E-state index contributed by atoms with van der Waals surface area (Å²) in [5.74, 6) is -2.28. The summed E-state index contributed by atoms with van der Waals surface area (Å²) >= 11 is 0. The number of carboxylic acids is 1. The minimum absolute atomic E-state index is 0.168. The van der Waals surface area contributed by atoms with Gasteiger partial charge in [-0.05, 0) is 19.9 Å². The van der Waals surface area contributed by atoms with Gasteiger partial charge in [0.05, 0.1) is 17.1 Å². The molecule has 0 unspecified atom stereocenters. The number of nitrogens with one attached hydrogen (secondary N) is 2. The summed E-state index contributed by atoms with van der Waals surface area (Å²) in [6.07, 6.45) is 0. The molecule has 1 aromatic carbocycles. The summed E-state index contributed by atoms with van der Waals surface area (Å²) < 4.78 is 0. The van der Waals surface area contributed by atoms with Gasteiger partial charge in [0.1, 0.15) is 0 Å². The fourth-order valence-corrected chi connectivity index (χ4v) is 2.01. The van der Waals surface area contributed by atoms with Gasteiger partial charge in [0.2, 0.25) is 0 Å². The maximum Gasteiger partial charge on any atom is 0.258 e. The van der Waals surface area contributed by atoms with Crippen LogP contribution in [0.15, 0.2) is 29.1 Å². The molecular weight excluding hydrogens is 260 g/mol. The predicted octanol–water partition coefficient (Wildman–Crippen LogP) is 0.0298. The third kappa shape index (κ3) is 2.40. The lowest BCUT2D eigenvalue weighted by molar-refractivity contribution is -0.255. The number of carboxylic acid groups (broad SMARTS) is 1. The average molecular weight is 273 g/mol. The molecule has 0 aliphatic carbocycles. The van der Waals surface area contributed by atoms with E-state index in [4.69, 9.17) is 0 Å². The van der Waals surface area contributed by atoms with Crippen LogP contribution in [0, 0.1) is 0 Å². The van der Waals surface area contributed by atoms with Crippen molar-refractivity contribution < 1.29 is 14.7 Å². The highest BCUT2D eigenvalue weighted by Gasteiger charge is 2.20. The number of aromatic carboxylic acids is 1. The number of H-pyrrole nitrogens is 1. The molecule has 6 nitrogen and oxygen atoms in total. The van der Waals surface area contributed by atoms with Gasteiger partial charge in [0.15, 0.2) is 0 Å². The van der Waals surface area contributed by atoms with Crippen molar-refractivity contribution in [3.63, 3.8) is 0 Å². The Morgan fingerprint density at radius 2 is 1.85 bits per heavy atom. The van der Waals surface area contributed by atoms with Crippen molar-refractivity contribution in [3.05, 3.63) is 45.7 Å². The van der Waals surface area contributed by atoms with Gasteiger partial charge in [-0.3, -0.25) is 9.59 Å². The number of hydrogen-bond acceptors (Lipinski definition) is 4. The zero-order valence-electron chi connectivity index (χ0n) is 11.0. The Bertz CT molecular complexity index is 746. The van der Waals surface area contributed by atoms with Gasteiger partial charge in [0, 0.05) is 16.9 Å². The largest absolute Gasteiger partial charge is 0.545 e. The molecule has 1 amide bonds. The Balaban J connectivity index is 2.82.